The molecule has 1 aliphatic heterocycles. The number of carbonyl (C=O) groups excluding carboxylic acids is 1. The van der Waals surface area contributed by atoms with E-state index in [4.69, 9.17) is 9.47 Å². The Morgan fingerprint density at radius 3 is 2.55 bits per heavy atom. The van der Waals surface area contributed by atoms with Gasteiger partial charge in [-0.05, 0) is 49.1 Å². The van der Waals surface area contributed by atoms with E-state index in [-0.39, 0.29) is 18.0 Å². The maximum Gasteiger partial charge on any atom is 0.262 e. The van der Waals surface area contributed by atoms with Gasteiger partial charge in [-0.2, -0.15) is 0 Å². The van der Waals surface area contributed by atoms with Crippen LogP contribution in [-0.2, 0) is 24.3 Å². The molecule has 0 bridgehead atoms. The molecule has 1 aromatic carbocycles. The van der Waals surface area contributed by atoms with E-state index in [0.29, 0.717) is 30.0 Å². The van der Waals surface area contributed by atoms with Gasteiger partial charge >= 0.3 is 0 Å². The Morgan fingerprint density at radius 2 is 1.86 bits per heavy atom. The zero-order chi connectivity index (χ0) is 20.7. The molecule has 8 heteroatoms. The van der Waals surface area contributed by atoms with Crippen molar-refractivity contribution in [2.45, 2.75) is 33.4 Å². The molecule has 2 aromatic heterocycles. The lowest BCUT2D eigenvalue weighted by Crippen LogP contribution is -2.39. The molecule has 0 unspecified atom stereocenters. The average Bonchev–Trinajstić information content (AvgIpc) is 3.02. The van der Waals surface area contributed by atoms with Gasteiger partial charge in [0.25, 0.3) is 5.56 Å². The fraction of sp³-hybridized carbons (Fsp3) is 0.381. The van der Waals surface area contributed by atoms with Crippen molar-refractivity contribution in [2.75, 3.05) is 20.8 Å². The molecule has 152 valence electrons. The van der Waals surface area contributed by atoms with Crippen LogP contribution in [0.25, 0.3) is 10.2 Å². The largest absolute Gasteiger partial charge is 0.493 e. The molecule has 0 N–H and O–H groups in total. The van der Waals surface area contributed by atoms with E-state index in [0.717, 1.165) is 32.8 Å². The summed E-state index contributed by atoms with van der Waals surface area (Å²) in [6.45, 7) is 4.97. The first-order chi connectivity index (χ1) is 13.9. The van der Waals surface area contributed by atoms with Gasteiger partial charge in [0.2, 0.25) is 5.91 Å². The van der Waals surface area contributed by atoms with Crippen LogP contribution in [0.4, 0.5) is 0 Å². The fourth-order valence-corrected chi connectivity index (χ4v) is 4.71. The first-order valence-corrected chi connectivity index (χ1v) is 10.2. The standard InChI is InChI=1S/C21H23N3O4S/c1-12-13(2)29-20-19(12)21(26)24(11-22-20)10-18(25)23-6-5-14-7-16(27-3)17(28-4)8-15(14)9-23/h7-8,11H,5-6,9-10H2,1-4H3. The zero-order valence-corrected chi connectivity index (χ0v) is 17.8. The predicted octanol–water partition coefficient (Wildman–Crippen LogP) is 2.68. The molecule has 0 aliphatic carbocycles. The molecule has 0 saturated carbocycles. The van der Waals surface area contributed by atoms with Crippen molar-refractivity contribution in [3.8, 4) is 11.5 Å². The highest BCUT2D eigenvalue weighted by molar-refractivity contribution is 7.18. The van der Waals surface area contributed by atoms with Crippen LogP contribution < -0.4 is 15.0 Å². The lowest BCUT2D eigenvalue weighted by molar-refractivity contribution is -0.132. The number of benzene rings is 1. The number of rotatable bonds is 4. The van der Waals surface area contributed by atoms with Crippen molar-refractivity contribution >= 4 is 27.5 Å². The summed E-state index contributed by atoms with van der Waals surface area (Å²) in [4.78, 5) is 33.7. The first kappa shape index (κ1) is 19.4. The minimum absolute atomic E-state index is 0.0151. The van der Waals surface area contributed by atoms with Gasteiger partial charge in [0, 0.05) is 18.0 Å². The van der Waals surface area contributed by atoms with E-state index >= 15 is 0 Å². The molecule has 3 heterocycles. The topological polar surface area (TPSA) is 73.7 Å². The smallest absolute Gasteiger partial charge is 0.262 e. The minimum Gasteiger partial charge on any atom is -0.493 e. The number of amides is 1. The number of ether oxygens (including phenoxy) is 2. The second-order valence-corrected chi connectivity index (χ2v) is 8.39. The predicted molar refractivity (Wildman–Crippen MR) is 112 cm³/mol. The SMILES string of the molecule is COc1cc2c(cc1OC)CN(C(=O)Cn1cnc3sc(C)c(C)c3c1=O)CC2. The van der Waals surface area contributed by atoms with Gasteiger partial charge in [-0.15, -0.1) is 11.3 Å². The summed E-state index contributed by atoms with van der Waals surface area (Å²) in [5.74, 6) is 1.24. The molecule has 7 nitrogen and oxygen atoms in total. The minimum atomic E-state index is -0.158. The number of methoxy groups -OCH3 is 2. The third kappa shape index (κ3) is 3.37. The second kappa shape index (κ2) is 7.51. The maximum absolute atomic E-state index is 12.9. The second-order valence-electron chi connectivity index (χ2n) is 7.18. The van der Waals surface area contributed by atoms with Crippen molar-refractivity contribution < 1.29 is 14.3 Å². The summed E-state index contributed by atoms with van der Waals surface area (Å²) in [7, 11) is 3.21. The highest BCUT2D eigenvalue weighted by Crippen LogP contribution is 2.33. The molecule has 0 spiro atoms. The van der Waals surface area contributed by atoms with Crippen molar-refractivity contribution in [2.24, 2.45) is 0 Å². The van der Waals surface area contributed by atoms with Gasteiger partial charge in [-0.1, -0.05) is 0 Å². The zero-order valence-electron chi connectivity index (χ0n) is 16.9. The Balaban J connectivity index is 1.57. The van der Waals surface area contributed by atoms with E-state index in [1.165, 1.54) is 22.2 Å². The number of aromatic nitrogens is 2. The number of thiophene rings is 1. The van der Waals surface area contributed by atoms with Gasteiger partial charge in [0.1, 0.15) is 11.4 Å². The summed E-state index contributed by atoms with van der Waals surface area (Å²) in [5.41, 5.74) is 2.97. The average molecular weight is 413 g/mol. The Hall–Kier alpha value is -2.87. The summed E-state index contributed by atoms with van der Waals surface area (Å²) in [6, 6.07) is 3.89. The molecule has 0 atom stereocenters. The van der Waals surface area contributed by atoms with E-state index < -0.39 is 0 Å². The van der Waals surface area contributed by atoms with Crippen LogP contribution in [0.1, 0.15) is 21.6 Å². The third-order valence-electron chi connectivity index (χ3n) is 5.53. The maximum atomic E-state index is 12.9. The number of hydrogen-bond acceptors (Lipinski definition) is 6. The molecular formula is C21H23N3O4S. The number of carbonyl (C=O) groups is 1. The molecule has 3 aromatic rings. The number of aryl methyl sites for hydroxylation is 2. The van der Waals surface area contributed by atoms with Crippen LogP contribution in [0.3, 0.4) is 0 Å². The van der Waals surface area contributed by atoms with Crippen molar-refractivity contribution in [1.29, 1.82) is 0 Å². The van der Waals surface area contributed by atoms with Crippen LogP contribution in [0.2, 0.25) is 0 Å². The molecule has 4 rings (SSSR count). The fourth-order valence-electron chi connectivity index (χ4n) is 3.72. The quantitative estimate of drug-likeness (QED) is 0.658. The monoisotopic (exact) mass is 413 g/mol. The molecular weight excluding hydrogens is 390 g/mol. The van der Waals surface area contributed by atoms with Gasteiger partial charge in [-0.3, -0.25) is 14.2 Å². The Morgan fingerprint density at radius 1 is 1.17 bits per heavy atom. The Labute approximate surface area is 172 Å². The normalized spacial score (nSPS) is 13.4. The molecule has 29 heavy (non-hydrogen) atoms. The molecule has 0 saturated heterocycles. The van der Waals surface area contributed by atoms with Gasteiger partial charge in [-0.25, -0.2) is 4.98 Å². The van der Waals surface area contributed by atoms with E-state index in [9.17, 15) is 9.59 Å². The van der Waals surface area contributed by atoms with Crippen LogP contribution in [0, 0.1) is 13.8 Å². The van der Waals surface area contributed by atoms with Crippen molar-refractivity contribution in [3.05, 3.63) is 50.4 Å². The van der Waals surface area contributed by atoms with E-state index in [1.54, 1.807) is 19.1 Å². The van der Waals surface area contributed by atoms with Gasteiger partial charge < -0.3 is 14.4 Å². The van der Waals surface area contributed by atoms with Crippen LogP contribution in [-0.4, -0.2) is 41.1 Å². The Kier molecular flexibility index (Phi) is 5.04. The third-order valence-corrected chi connectivity index (χ3v) is 6.65. The van der Waals surface area contributed by atoms with Crippen molar-refractivity contribution in [1.82, 2.24) is 14.5 Å². The molecule has 1 amide bonds. The van der Waals surface area contributed by atoms with Crippen LogP contribution in [0.5, 0.6) is 11.5 Å². The summed E-state index contributed by atoms with van der Waals surface area (Å²) in [6.07, 6.45) is 2.21. The number of fused-ring (bicyclic) bond motifs is 2. The highest BCUT2D eigenvalue weighted by Gasteiger charge is 2.24. The van der Waals surface area contributed by atoms with Crippen LogP contribution >= 0.6 is 11.3 Å². The number of hydrogen-bond donors (Lipinski definition) is 0. The first-order valence-electron chi connectivity index (χ1n) is 9.39. The van der Waals surface area contributed by atoms with Crippen molar-refractivity contribution in [3.63, 3.8) is 0 Å². The molecule has 1 aliphatic rings. The molecule has 0 radical (unpaired) electrons. The molecule has 0 fully saturated rings. The summed E-state index contributed by atoms with van der Waals surface area (Å²) >= 11 is 1.51. The van der Waals surface area contributed by atoms with Gasteiger partial charge in [0.05, 0.1) is 25.9 Å². The summed E-state index contributed by atoms with van der Waals surface area (Å²) < 4.78 is 12.2. The lowest BCUT2D eigenvalue weighted by atomic mass is 9.98. The Bertz CT molecular complexity index is 1160. The van der Waals surface area contributed by atoms with Gasteiger partial charge in [0.15, 0.2) is 11.5 Å². The highest BCUT2D eigenvalue weighted by atomic mass is 32.1. The number of nitrogens with zero attached hydrogens (tertiary/aromatic N) is 3. The summed E-state index contributed by atoms with van der Waals surface area (Å²) in [5, 5.41) is 0.614. The van der Waals surface area contributed by atoms with E-state index in [2.05, 4.69) is 4.98 Å². The van der Waals surface area contributed by atoms with Crippen LogP contribution in [0.15, 0.2) is 23.3 Å². The van der Waals surface area contributed by atoms with E-state index in [1.807, 2.05) is 26.0 Å². The lowest BCUT2D eigenvalue weighted by Gasteiger charge is -2.29.